The highest BCUT2D eigenvalue weighted by atomic mass is 35.5. The number of fused-ring (bicyclic) bond motifs is 1. The number of aromatic nitrogens is 2. The number of benzene rings is 1. The molecule has 0 saturated carbocycles. The smallest absolute Gasteiger partial charge is 0.225 e. The van der Waals surface area contributed by atoms with Gasteiger partial charge in [0.05, 0.1) is 12.5 Å². The van der Waals surface area contributed by atoms with E-state index in [4.69, 9.17) is 16.3 Å². The molecule has 0 bridgehead atoms. The first-order chi connectivity index (χ1) is 10.2. The first-order valence-corrected chi connectivity index (χ1v) is 7.68. The summed E-state index contributed by atoms with van der Waals surface area (Å²) >= 11 is 7.58. The van der Waals surface area contributed by atoms with Gasteiger partial charge in [0.15, 0.2) is 0 Å². The quantitative estimate of drug-likeness (QED) is 0.682. The molecule has 0 aliphatic rings. The zero-order valence-corrected chi connectivity index (χ0v) is 13.3. The van der Waals surface area contributed by atoms with Gasteiger partial charge >= 0.3 is 0 Å². The summed E-state index contributed by atoms with van der Waals surface area (Å²) in [6, 6.07) is 10.0. The van der Waals surface area contributed by atoms with Crippen LogP contribution in [0.15, 0.2) is 35.7 Å². The minimum Gasteiger partial charge on any atom is -0.497 e. The lowest BCUT2D eigenvalue weighted by molar-refractivity contribution is 0.414. The van der Waals surface area contributed by atoms with Crippen LogP contribution in [0.25, 0.3) is 10.2 Å². The Morgan fingerprint density at radius 1 is 1.29 bits per heavy atom. The highest BCUT2D eigenvalue weighted by Gasteiger charge is 2.12. The van der Waals surface area contributed by atoms with Gasteiger partial charge in [-0.3, -0.25) is 0 Å². The van der Waals surface area contributed by atoms with Crippen molar-refractivity contribution in [3.8, 4) is 5.75 Å². The van der Waals surface area contributed by atoms with E-state index in [2.05, 4.69) is 20.9 Å². The van der Waals surface area contributed by atoms with E-state index in [1.165, 1.54) is 0 Å². The molecule has 0 radical (unpaired) electrons. The number of ether oxygens (including phenoxy) is 1. The Kier molecular flexibility index (Phi) is 3.94. The molecule has 0 N–H and O–H groups in total. The van der Waals surface area contributed by atoms with Crippen molar-refractivity contribution in [1.29, 1.82) is 0 Å². The van der Waals surface area contributed by atoms with Crippen LogP contribution in [-0.4, -0.2) is 24.1 Å². The molecule has 0 aliphatic heterocycles. The number of methoxy groups -OCH3 is 1. The highest BCUT2D eigenvalue weighted by molar-refractivity contribution is 7.16. The summed E-state index contributed by atoms with van der Waals surface area (Å²) in [5, 5.41) is 3.30. The van der Waals surface area contributed by atoms with Gasteiger partial charge in [-0.05, 0) is 40.7 Å². The van der Waals surface area contributed by atoms with Gasteiger partial charge in [0.2, 0.25) is 5.28 Å². The van der Waals surface area contributed by atoms with E-state index in [9.17, 15) is 0 Å². The maximum Gasteiger partial charge on any atom is 0.225 e. The van der Waals surface area contributed by atoms with Gasteiger partial charge < -0.3 is 9.64 Å². The third-order valence-electron chi connectivity index (χ3n) is 3.19. The van der Waals surface area contributed by atoms with Gasteiger partial charge in [0.1, 0.15) is 16.4 Å². The average molecular weight is 320 g/mol. The van der Waals surface area contributed by atoms with Crippen molar-refractivity contribution in [3.63, 3.8) is 0 Å². The standard InChI is InChI=1S/C15H14ClN3OS/c1-19(9-10-4-3-5-11(8-10)20-2)13-12-6-7-21-14(12)18-15(16)17-13/h3-8H,9H2,1-2H3. The van der Waals surface area contributed by atoms with Gasteiger partial charge in [-0.1, -0.05) is 12.1 Å². The van der Waals surface area contributed by atoms with E-state index in [1.54, 1.807) is 18.4 Å². The molecule has 0 unspecified atom stereocenters. The number of hydrogen-bond donors (Lipinski definition) is 0. The second kappa shape index (κ2) is 5.87. The maximum absolute atomic E-state index is 6.01. The zero-order valence-electron chi connectivity index (χ0n) is 11.7. The Labute approximate surface area is 132 Å². The van der Waals surface area contributed by atoms with Crippen molar-refractivity contribution in [1.82, 2.24) is 9.97 Å². The number of nitrogens with zero attached hydrogens (tertiary/aromatic N) is 3. The molecular formula is C15H14ClN3OS. The Balaban J connectivity index is 1.93. The van der Waals surface area contributed by atoms with Crippen molar-refractivity contribution in [3.05, 3.63) is 46.6 Å². The molecule has 3 aromatic rings. The molecule has 0 fully saturated rings. The Bertz CT molecular complexity index is 774. The summed E-state index contributed by atoms with van der Waals surface area (Å²) in [5.41, 5.74) is 1.15. The molecule has 0 aliphatic carbocycles. The first-order valence-electron chi connectivity index (χ1n) is 6.42. The second-order valence-corrected chi connectivity index (χ2v) is 5.90. The lowest BCUT2D eigenvalue weighted by atomic mass is 10.2. The molecule has 3 rings (SSSR count). The number of thiophene rings is 1. The average Bonchev–Trinajstić information content (AvgIpc) is 2.94. The van der Waals surface area contributed by atoms with Crippen LogP contribution in [0.2, 0.25) is 5.28 Å². The molecule has 2 heterocycles. The highest BCUT2D eigenvalue weighted by Crippen LogP contribution is 2.29. The predicted octanol–water partition coefficient (Wildman–Crippen LogP) is 3.99. The lowest BCUT2D eigenvalue weighted by Gasteiger charge is -2.19. The minimum atomic E-state index is 0.275. The van der Waals surface area contributed by atoms with Gasteiger partial charge in [-0.25, -0.2) is 4.98 Å². The summed E-state index contributed by atoms with van der Waals surface area (Å²) in [4.78, 5) is 11.6. The van der Waals surface area contributed by atoms with E-state index in [1.807, 2.05) is 36.7 Å². The molecule has 6 heteroatoms. The molecule has 0 spiro atoms. The molecule has 2 aromatic heterocycles. The van der Waals surface area contributed by atoms with Crippen LogP contribution in [0.3, 0.4) is 0 Å². The third kappa shape index (κ3) is 2.94. The SMILES string of the molecule is COc1cccc(CN(C)c2nc(Cl)nc3sccc23)c1. The fourth-order valence-corrected chi connectivity index (χ4v) is 3.20. The third-order valence-corrected chi connectivity index (χ3v) is 4.17. The number of halogens is 1. The van der Waals surface area contributed by atoms with Crippen LogP contribution in [-0.2, 0) is 6.54 Å². The van der Waals surface area contributed by atoms with Crippen molar-refractivity contribution in [2.24, 2.45) is 0 Å². The molecule has 108 valence electrons. The zero-order chi connectivity index (χ0) is 14.8. The molecule has 1 aromatic carbocycles. The maximum atomic E-state index is 6.01. The van der Waals surface area contributed by atoms with E-state index in [0.29, 0.717) is 0 Å². The molecular weight excluding hydrogens is 306 g/mol. The summed E-state index contributed by atoms with van der Waals surface area (Å²) < 4.78 is 5.26. The lowest BCUT2D eigenvalue weighted by Crippen LogP contribution is -2.18. The summed E-state index contributed by atoms with van der Waals surface area (Å²) in [5.74, 6) is 1.69. The molecule has 21 heavy (non-hydrogen) atoms. The summed E-state index contributed by atoms with van der Waals surface area (Å²) in [6.45, 7) is 0.718. The van der Waals surface area contributed by atoms with E-state index < -0.39 is 0 Å². The second-order valence-electron chi connectivity index (χ2n) is 4.66. The number of hydrogen-bond acceptors (Lipinski definition) is 5. The van der Waals surface area contributed by atoms with Crippen LogP contribution >= 0.6 is 22.9 Å². The summed E-state index contributed by atoms with van der Waals surface area (Å²) in [6.07, 6.45) is 0. The van der Waals surface area contributed by atoms with Crippen LogP contribution in [0.1, 0.15) is 5.56 Å². The van der Waals surface area contributed by atoms with E-state index >= 15 is 0 Å². The van der Waals surface area contributed by atoms with Crippen molar-refractivity contribution in [2.75, 3.05) is 19.1 Å². The van der Waals surface area contributed by atoms with Crippen molar-refractivity contribution >= 4 is 39.0 Å². The number of anilines is 1. The molecule has 0 saturated heterocycles. The molecule has 0 amide bonds. The predicted molar refractivity (Wildman–Crippen MR) is 87.5 cm³/mol. The van der Waals surface area contributed by atoms with E-state index in [0.717, 1.165) is 33.9 Å². The van der Waals surface area contributed by atoms with Gasteiger partial charge in [0, 0.05) is 13.6 Å². The van der Waals surface area contributed by atoms with Crippen LogP contribution in [0.4, 0.5) is 5.82 Å². The van der Waals surface area contributed by atoms with Gasteiger partial charge in [-0.2, -0.15) is 4.98 Å². The van der Waals surface area contributed by atoms with Crippen LogP contribution in [0, 0.1) is 0 Å². The minimum absolute atomic E-state index is 0.275. The molecule has 0 atom stereocenters. The van der Waals surface area contributed by atoms with Gasteiger partial charge in [0.25, 0.3) is 0 Å². The van der Waals surface area contributed by atoms with Crippen molar-refractivity contribution in [2.45, 2.75) is 6.54 Å². The number of rotatable bonds is 4. The van der Waals surface area contributed by atoms with E-state index in [-0.39, 0.29) is 5.28 Å². The van der Waals surface area contributed by atoms with Gasteiger partial charge in [-0.15, -0.1) is 11.3 Å². The fraction of sp³-hybridized carbons (Fsp3) is 0.200. The fourth-order valence-electron chi connectivity index (χ4n) is 2.22. The topological polar surface area (TPSA) is 38.2 Å². The summed E-state index contributed by atoms with van der Waals surface area (Å²) in [7, 11) is 3.66. The Morgan fingerprint density at radius 2 is 2.14 bits per heavy atom. The Morgan fingerprint density at radius 3 is 2.95 bits per heavy atom. The van der Waals surface area contributed by atoms with Crippen molar-refractivity contribution < 1.29 is 4.74 Å². The first kappa shape index (κ1) is 14.1. The van der Waals surface area contributed by atoms with Crippen LogP contribution in [0.5, 0.6) is 5.75 Å². The van der Waals surface area contributed by atoms with Crippen LogP contribution < -0.4 is 9.64 Å². The largest absolute Gasteiger partial charge is 0.497 e. The monoisotopic (exact) mass is 319 g/mol. The normalized spacial score (nSPS) is 10.8. The molecule has 4 nitrogen and oxygen atoms in total. The Hall–Kier alpha value is -1.85.